The molecule has 0 saturated carbocycles. The summed E-state index contributed by atoms with van der Waals surface area (Å²) in [4.78, 5) is 0. The fourth-order valence-electron chi connectivity index (χ4n) is 2.59. The summed E-state index contributed by atoms with van der Waals surface area (Å²) in [6.07, 6.45) is -10.5. The van der Waals surface area contributed by atoms with E-state index in [2.05, 4.69) is 0 Å². The van der Waals surface area contributed by atoms with Crippen LogP contribution in [0.4, 0.5) is 0 Å². The minimum absolute atomic E-state index is 0.562. The summed E-state index contributed by atoms with van der Waals surface area (Å²) < 4.78 is 15.7. The van der Waals surface area contributed by atoms with Crippen LogP contribution in [-0.4, -0.2) is 105 Å². The Morgan fingerprint density at radius 2 is 1.04 bits per heavy atom. The van der Waals surface area contributed by atoms with Gasteiger partial charge in [0.1, 0.15) is 36.6 Å². The zero-order valence-corrected chi connectivity index (χ0v) is 12.3. The monoisotopic (exact) mass is 340 g/mol. The van der Waals surface area contributed by atoms with Crippen LogP contribution in [0.25, 0.3) is 0 Å². The average molecular weight is 340 g/mol. The highest BCUT2D eigenvalue weighted by atomic mass is 16.8. The molecule has 136 valence electrons. The second-order valence-electron chi connectivity index (χ2n) is 5.70. The molecule has 0 aromatic rings. The van der Waals surface area contributed by atoms with E-state index in [-0.39, 0.29) is 0 Å². The smallest absolute Gasteiger partial charge is 0.188 e. The molecule has 2 rings (SSSR count). The number of aliphatic hydroxyl groups excluding tert-OH is 6. The molecule has 10 N–H and O–H groups in total. The Morgan fingerprint density at radius 3 is 1.35 bits per heavy atom. The molecule has 0 aromatic carbocycles. The molecule has 0 spiro atoms. The van der Waals surface area contributed by atoms with Crippen LogP contribution in [0.1, 0.15) is 0 Å². The van der Waals surface area contributed by atoms with Crippen LogP contribution in [0.5, 0.6) is 0 Å². The fourth-order valence-corrected chi connectivity index (χ4v) is 2.59. The molecule has 2 saturated heterocycles. The maximum Gasteiger partial charge on any atom is 0.188 e. The van der Waals surface area contributed by atoms with Gasteiger partial charge in [0, 0.05) is 0 Å². The normalized spacial score (nSPS) is 51.7. The van der Waals surface area contributed by atoms with E-state index in [9.17, 15) is 20.4 Å². The predicted molar refractivity (Wildman–Crippen MR) is 72.6 cm³/mol. The lowest BCUT2D eigenvalue weighted by Crippen LogP contribution is -2.66. The summed E-state index contributed by atoms with van der Waals surface area (Å²) >= 11 is 0. The molecule has 0 bridgehead atoms. The molecule has 0 aromatic heterocycles. The van der Waals surface area contributed by atoms with Crippen molar-refractivity contribution in [1.82, 2.24) is 0 Å². The Morgan fingerprint density at radius 1 is 0.696 bits per heavy atom. The van der Waals surface area contributed by atoms with Gasteiger partial charge < -0.3 is 56.3 Å². The molecule has 2 heterocycles. The van der Waals surface area contributed by atoms with Gasteiger partial charge in [0.15, 0.2) is 12.6 Å². The van der Waals surface area contributed by atoms with Gasteiger partial charge in [0.05, 0.1) is 25.3 Å². The third-order valence-corrected chi connectivity index (χ3v) is 4.14. The van der Waals surface area contributed by atoms with Crippen molar-refractivity contribution in [3.63, 3.8) is 0 Å². The van der Waals surface area contributed by atoms with Crippen molar-refractivity contribution in [1.29, 1.82) is 0 Å². The van der Waals surface area contributed by atoms with Crippen molar-refractivity contribution in [3.8, 4) is 0 Å². The summed E-state index contributed by atoms with van der Waals surface area (Å²) in [6, 6.07) is -2.31. The van der Waals surface area contributed by atoms with Gasteiger partial charge in [-0.3, -0.25) is 0 Å². The van der Waals surface area contributed by atoms with E-state index in [0.717, 1.165) is 0 Å². The number of ether oxygens (including phenoxy) is 3. The quantitative estimate of drug-likeness (QED) is 0.242. The van der Waals surface area contributed by atoms with E-state index in [4.69, 9.17) is 35.9 Å². The Hall–Kier alpha value is -0.440. The Bertz CT molecular complexity index is 352. The molecule has 0 radical (unpaired) electrons. The van der Waals surface area contributed by atoms with Crippen LogP contribution < -0.4 is 11.5 Å². The van der Waals surface area contributed by atoms with Crippen molar-refractivity contribution in [3.05, 3.63) is 0 Å². The molecule has 10 unspecified atom stereocenters. The molecule has 11 nitrogen and oxygen atoms in total. The van der Waals surface area contributed by atoms with E-state index < -0.39 is 74.5 Å². The molecule has 0 amide bonds. The summed E-state index contributed by atoms with van der Waals surface area (Å²) in [5, 5.41) is 57.8. The Labute approximate surface area is 132 Å². The lowest BCUT2D eigenvalue weighted by molar-refractivity contribution is -0.358. The summed E-state index contributed by atoms with van der Waals surface area (Å²) in [7, 11) is 0. The summed E-state index contributed by atoms with van der Waals surface area (Å²) in [5.41, 5.74) is 11.3. The summed E-state index contributed by atoms with van der Waals surface area (Å²) in [5.74, 6) is 0. The van der Waals surface area contributed by atoms with Crippen molar-refractivity contribution < 1.29 is 44.8 Å². The van der Waals surface area contributed by atoms with Crippen LogP contribution in [0.2, 0.25) is 0 Å². The van der Waals surface area contributed by atoms with Crippen molar-refractivity contribution >= 4 is 0 Å². The molecule has 10 atom stereocenters. The molecular formula is C12H24N2O9. The summed E-state index contributed by atoms with van der Waals surface area (Å²) in [6.45, 7) is -1.12. The number of rotatable bonds is 4. The maximum atomic E-state index is 10.00. The largest absolute Gasteiger partial charge is 0.394 e. The van der Waals surface area contributed by atoms with Crippen molar-refractivity contribution in [2.24, 2.45) is 11.5 Å². The Balaban J connectivity index is 2.07. The van der Waals surface area contributed by atoms with Gasteiger partial charge in [-0.1, -0.05) is 0 Å². The van der Waals surface area contributed by atoms with E-state index in [0.29, 0.717) is 0 Å². The number of hydrogen-bond acceptors (Lipinski definition) is 11. The first-order chi connectivity index (χ1) is 10.8. The molecule has 11 heteroatoms. The zero-order chi connectivity index (χ0) is 17.3. The maximum absolute atomic E-state index is 10.00. The first-order valence-corrected chi connectivity index (χ1v) is 7.23. The van der Waals surface area contributed by atoms with Gasteiger partial charge in [0.2, 0.25) is 0 Å². The standard InChI is InChI=1S/C12H24N2O9/c13-5-7(17)3(1-15)21-11(9(5)19)23-12-10(20)6(14)8(18)4(2-16)22-12/h3-12,15-20H,1-2,13-14H2. The van der Waals surface area contributed by atoms with Crippen molar-refractivity contribution in [2.45, 2.75) is 61.3 Å². The first-order valence-electron chi connectivity index (χ1n) is 7.23. The molecule has 2 aliphatic rings. The zero-order valence-electron chi connectivity index (χ0n) is 12.3. The second-order valence-corrected chi connectivity index (χ2v) is 5.70. The molecule has 0 aliphatic carbocycles. The highest BCUT2D eigenvalue weighted by Crippen LogP contribution is 2.26. The van der Waals surface area contributed by atoms with Crippen LogP contribution in [0.3, 0.4) is 0 Å². The van der Waals surface area contributed by atoms with Crippen molar-refractivity contribution in [2.75, 3.05) is 13.2 Å². The SMILES string of the molecule is NC1C(O)C(CO)OC(OC2OC(CO)C(O)C(N)C2O)C1O. The van der Waals surface area contributed by atoms with Crippen LogP contribution >= 0.6 is 0 Å². The third-order valence-electron chi connectivity index (χ3n) is 4.14. The molecule has 23 heavy (non-hydrogen) atoms. The third kappa shape index (κ3) is 3.65. The minimum Gasteiger partial charge on any atom is -0.394 e. The van der Waals surface area contributed by atoms with Gasteiger partial charge >= 0.3 is 0 Å². The molecule has 2 aliphatic heterocycles. The lowest BCUT2D eigenvalue weighted by Gasteiger charge is -2.45. The number of aliphatic hydroxyl groups is 6. The first kappa shape index (κ1) is 18.9. The number of nitrogens with two attached hydrogens (primary N) is 2. The van der Waals surface area contributed by atoms with Crippen LogP contribution in [-0.2, 0) is 14.2 Å². The minimum atomic E-state index is -1.46. The second kappa shape index (κ2) is 7.63. The van der Waals surface area contributed by atoms with E-state index in [1.54, 1.807) is 0 Å². The number of hydrogen-bond donors (Lipinski definition) is 8. The average Bonchev–Trinajstić information content (AvgIpc) is 2.55. The highest BCUT2D eigenvalue weighted by Gasteiger charge is 2.48. The van der Waals surface area contributed by atoms with Gasteiger partial charge in [0.25, 0.3) is 0 Å². The fraction of sp³-hybridized carbons (Fsp3) is 1.00. The lowest BCUT2D eigenvalue weighted by atomic mass is 9.96. The highest BCUT2D eigenvalue weighted by molar-refractivity contribution is 4.95. The van der Waals surface area contributed by atoms with Gasteiger partial charge in [-0.05, 0) is 0 Å². The molecular weight excluding hydrogens is 316 g/mol. The van der Waals surface area contributed by atoms with Gasteiger partial charge in [-0.15, -0.1) is 0 Å². The van der Waals surface area contributed by atoms with E-state index >= 15 is 0 Å². The Kier molecular flexibility index (Phi) is 6.27. The van der Waals surface area contributed by atoms with Gasteiger partial charge in [-0.25, -0.2) is 0 Å². The van der Waals surface area contributed by atoms with Crippen LogP contribution in [0, 0.1) is 0 Å². The predicted octanol–water partition coefficient (Wildman–Crippen LogP) is -5.46. The molecule has 2 fully saturated rings. The topological polar surface area (TPSA) is 201 Å². The van der Waals surface area contributed by atoms with E-state index in [1.807, 2.05) is 0 Å². The van der Waals surface area contributed by atoms with Gasteiger partial charge in [-0.2, -0.15) is 0 Å². The van der Waals surface area contributed by atoms with Crippen LogP contribution in [0.15, 0.2) is 0 Å². The van der Waals surface area contributed by atoms with E-state index in [1.165, 1.54) is 0 Å².